The number of rotatable bonds is 5. The normalized spacial score (nSPS) is 15.5. The van der Waals surface area contributed by atoms with Crippen LogP contribution in [-0.4, -0.2) is 37.0 Å². The monoisotopic (exact) mass is 262 g/mol. The van der Waals surface area contributed by atoms with Crippen molar-refractivity contribution in [2.24, 2.45) is 0 Å². The highest BCUT2D eigenvalue weighted by atomic mass is 16.5. The summed E-state index contributed by atoms with van der Waals surface area (Å²) in [6.45, 7) is 7.05. The third-order valence-electron chi connectivity index (χ3n) is 3.36. The fraction of sp³-hybridized carbons (Fsp3) is 0.533. The van der Waals surface area contributed by atoms with Crippen molar-refractivity contribution in [2.75, 3.05) is 31.6 Å². The Morgan fingerprint density at radius 3 is 2.79 bits per heavy atom. The highest BCUT2D eigenvalue weighted by Crippen LogP contribution is 2.28. The van der Waals surface area contributed by atoms with Crippen molar-refractivity contribution < 1.29 is 9.53 Å². The fourth-order valence-corrected chi connectivity index (χ4v) is 2.40. The van der Waals surface area contributed by atoms with E-state index in [-0.39, 0.29) is 5.91 Å². The van der Waals surface area contributed by atoms with Gasteiger partial charge in [-0.05, 0) is 51.4 Å². The lowest BCUT2D eigenvalue weighted by Crippen LogP contribution is -2.31. The van der Waals surface area contributed by atoms with Gasteiger partial charge in [0.1, 0.15) is 5.75 Å². The molecular formula is C15H22N2O2. The van der Waals surface area contributed by atoms with Gasteiger partial charge in [0.25, 0.3) is 0 Å². The molecule has 4 heteroatoms. The van der Waals surface area contributed by atoms with Gasteiger partial charge >= 0.3 is 0 Å². The summed E-state index contributed by atoms with van der Waals surface area (Å²) in [6.07, 6.45) is 2.39. The lowest BCUT2D eigenvalue weighted by atomic mass is 10.2. The molecule has 19 heavy (non-hydrogen) atoms. The molecular weight excluding hydrogens is 240 g/mol. The number of hydrogen-bond acceptors (Lipinski definition) is 3. The number of amides is 1. The molecule has 1 aromatic rings. The van der Waals surface area contributed by atoms with Crippen LogP contribution < -0.4 is 10.1 Å². The SMILES string of the molecule is CCOc1cccc(C)c1NC(=O)CN1CCCC1. The number of nitrogens with one attached hydrogen (secondary N) is 1. The third-order valence-corrected chi connectivity index (χ3v) is 3.36. The predicted octanol–water partition coefficient (Wildman–Crippen LogP) is 2.43. The topological polar surface area (TPSA) is 41.6 Å². The molecule has 0 bridgehead atoms. The lowest BCUT2D eigenvalue weighted by molar-refractivity contribution is -0.117. The minimum atomic E-state index is 0.0390. The van der Waals surface area contributed by atoms with Gasteiger partial charge in [-0.3, -0.25) is 9.69 Å². The van der Waals surface area contributed by atoms with Gasteiger partial charge in [-0.1, -0.05) is 12.1 Å². The second kappa shape index (κ2) is 6.57. The van der Waals surface area contributed by atoms with Gasteiger partial charge in [-0.2, -0.15) is 0 Å². The molecule has 2 rings (SSSR count). The molecule has 0 radical (unpaired) electrons. The average molecular weight is 262 g/mol. The molecule has 1 saturated heterocycles. The first-order valence-electron chi connectivity index (χ1n) is 6.95. The van der Waals surface area contributed by atoms with E-state index in [0.29, 0.717) is 13.2 Å². The van der Waals surface area contributed by atoms with E-state index in [1.54, 1.807) is 0 Å². The highest BCUT2D eigenvalue weighted by molar-refractivity contribution is 5.94. The van der Waals surface area contributed by atoms with E-state index in [1.165, 1.54) is 12.8 Å². The van der Waals surface area contributed by atoms with Gasteiger partial charge in [0.05, 0.1) is 18.8 Å². The first-order valence-corrected chi connectivity index (χ1v) is 6.95. The van der Waals surface area contributed by atoms with Crippen LogP contribution in [0.5, 0.6) is 5.75 Å². The number of aryl methyl sites for hydroxylation is 1. The average Bonchev–Trinajstić information content (AvgIpc) is 2.86. The summed E-state index contributed by atoms with van der Waals surface area (Å²) in [4.78, 5) is 14.3. The van der Waals surface area contributed by atoms with Crippen molar-refractivity contribution in [3.05, 3.63) is 23.8 Å². The summed E-state index contributed by atoms with van der Waals surface area (Å²) in [6, 6.07) is 5.81. The van der Waals surface area contributed by atoms with Crippen LogP contribution in [0.1, 0.15) is 25.3 Å². The maximum Gasteiger partial charge on any atom is 0.238 e. The molecule has 1 aliphatic rings. The first-order chi connectivity index (χ1) is 9.20. The van der Waals surface area contributed by atoms with Gasteiger partial charge in [-0.15, -0.1) is 0 Å². The van der Waals surface area contributed by atoms with Crippen LogP contribution in [0.2, 0.25) is 0 Å². The molecule has 0 aliphatic carbocycles. The summed E-state index contributed by atoms with van der Waals surface area (Å²) in [7, 11) is 0. The number of nitrogens with zero attached hydrogens (tertiary/aromatic N) is 1. The zero-order valence-corrected chi connectivity index (χ0v) is 11.7. The minimum absolute atomic E-state index is 0.0390. The van der Waals surface area contributed by atoms with E-state index >= 15 is 0 Å². The van der Waals surface area contributed by atoms with Crippen molar-refractivity contribution in [1.82, 2.24) is 4.90 Å². The second-order valence-corrected chi connectivity index (χ2v) is 4.91. The largest absolute Gasteiger partial charge is 0.492 e. The van der Waals surface area contributed by atoms with Crippen molar-refractivity contribution >= 4 is 11.6 Å². The summed E-state index contributed by atoms with van der Waals surface area (Å²) >= 11 is 0. The molecule has 1 N–H and O–H groups in total. The molecule has 4 nitrogen and oxygen atoms in total. The van der Waals surface area contributed by atoms with E-state index in [2.05, 4.69) is 10.2 Å². The Morgan fingerprint density at radius 2 is 2.11 bits per heavy atom. The van der Waals surface area contributed by atoms with Gasteiger partial charge in [-0.25, -0.2) is 0 Å². The standard InChI is InChI=1S/C15H22N2O2/c1-3-19-13-8-6-7-12(2)15(13)16-14(18)11-17-9-4-5-10-17/h6-8H,3-5,9-11H2,1-2H3,(H,16,18). The van der Waals surface area contributed by atoms with Gasteiger partial charge in [0, 0.05) is 0 Å². The number of hydrogen-bond donors (Lipinski definition) is 1. The number of likely N-dealkylation sites (tertiary alicyclic amines) is 1. The van der Waals surface area contributed by atoms with Crippen LogP contribution in [0, 0.1) is 6.92 Å². The number of para-hydroxylation sites is 1. The maximum absolute atomic E-state index is 12.1. The molecule has 1 fully saturated rings. The molecule has 0 spiro atoms. The molecule has 1 heterocycles. The van der Waals surface area contributed by atoms with Crippen molar-refractivity contribution in [3.63, 3.8) is 0 Å². The zero-order valence-electron chi connectivity index (χ0n) is 11.7. The Labute approximate surface area is 114 Å². The molecule has 1 aliphatic heterocycles. The fourth-order valence-electron chi connectivity index (χ4n) is 2.40. The molecule has 1 amide bonds. The number of ether oxygens (including phenoxy) is 1. The van der Waals surface area contributed by atoms with Crippen LogP contribution >= 0.6 is 0 Å². The Balaban J connectivity index is 2.02. The first kappa shape index (κ1) is 13.9. The Morgan fingerprint density at radius 1 is 1.37 bits per heavy atom. The highest BCUT2D eigenvalue weighted by Gasteiger charge is 2.16. The van der Waals surface area contributed by atoms with Crippen LogP contribution in [0.15, 0.2) is 18.2 Å². The van der Waals surface area contributed by atoms with Gasteiger partial charge in [0.2, 0.25) is 5.91 Å². The Hall–Kier alpha value is -1.55. The molecule has 0 atom stereocenters. The van der Waals surface area contributed by atoms with E-state index in [1.807, 2.05) is 32.0 Å². The quantitative estimate of drug-likeness (QED) is 0.886. The maximum atomic E-state index is 12.1. The molecule has 0 aromatic heterocycles. The van der Waals surface area contributed by atoms with Crippen LogP contribution in [0.25, 0.3) is 0 Å². The Bertz CT molecular complexity index is 440. The minimum Gasteiger partial charge on any atom is -0.492 e. The summed E-state index contributed by atoms with van der Waals surface area (Å²) in [5.41, 5.74) is 1.83. The molecule has 0 unspecified atom stereocenters. The van der Waals surface area contributed by atoms with E-state index in [0.717, 1.165) is 30.1 Å². The van der Waals surface area contributed by atoms with Gasteiger partial charge in [0.15, 0.2) is 0 Å². The summed E-state index contributed by atoms with van der Waals surface area (Å²) in [5, 5.41) is 2.98. The number of carbonyl (C=O) groups excluding carboxylic acids is 1. The number of benzene rings is 1. The summed E-state index contributed by atoms with van der Waals surface area (Å²) in [5.74, 6) is 0.787. The molecule has 0 saturated carbocycles. The summed E-state index contributed by atoms with van der Waals surface area (Å²) < 4.78 is 5.56. The predicted molar refractivity (Wildman–Crippen MR) is 76.7 cm³/mol. The zero-order chi connectivity index (χ0) is 13.7. The van der Waals surface area contributed by atoms with E-state index in [9.17, 15) is 4.79 Å². The van der Waals surface area contributed by atoms with Crippen LogP contribution in [0.3, 0.4) is 0 Å². The van der Waals surface area contributed by atoms with E-state index < -0.39 is 0 Å². The van der Waals surface area contributed by atoms with Crippen molar-refractivity contribution in [3.8, 4) is 5.75 Å². The number of carbonyl (C=O) groups is 1. The lowest BCUT2D eigenvalue weighted by Gasteiger charge is -2.17. The molecule has 1 aromatic carbocycles. The van der Waals surface area contributed by atoms with Crippen LogP contribution in [-0.2, 0) is 4.79 Å². The molecule has 104 valence electrons. The Kier molecular flexibility index (Phi) is 4.80. The smallest absolute Gasteiger partial charge is 0.238 e. The second-order valence-electron chi connectivity index (χ2n) is 4.91. The van der Waals surface area contributed by atoms with Crippen LogP contribution in [0.4, 0.5) is 5.69 Å². The number of anilines is 1. The van der Waals surface area contributed by atoms with Gasteiger partial charge < -0.3 is 10.1 Å². The van der Waals surface area contributed by atoms with Crippen molar-refractivity contribution in [2.45, 2.75) is 26.7 Å². The van der Waals surface area contributed by atoms with E-state index in [4.69, 9.17) is 4.74 Å². The third kappa shape index (κ3) is 3.70. The van der Waals surface area contributed by atoms with Crippen molar-refractivity contribution in [1.29, 1.82) is 0 Å².